The van der Waals surface area contributed by atoms with Crippen molar-refractivity contribution < 1.29 is 9.13 Å². The molecule has 0 amide bonds. The fraction of sp³-hybridized carbons (Fsp3) is 0.294. The zero-order valence-corrected chi connectivity index (χ0v) is 12.1. The fourth-order valence-corrected chi connectivity index (χ4v) is 2.26. The van der Waals surface area contributed by atoms with E-state index in [0.717, 1.165) is 5.56 Å². The standard InChI is InChI=1S/C17H20FNO/c1-12-9-10-15(11-16(12)18)20-13(2)17(19-3)14-7-5-4-6-8-14/h4-11,13,17,19H,1-3H3. The molecule has 2 nitrogen and oxygen atoms in total. The Hall–Kier alpha value is -1.87. The van der Waals surface area contributed by atoms with Crippen LogP contribution < -0.4 is 10.1 Å². The first kappa shape index (κ1) is 14.5. The van der Waals surface area contributed by atoms with Gasteiger partial charge < -0.3 is 10.1 Å². The van der Waals surface area contributed by atoms with E-state index in [1.165, 1.54) is 6.07 Å². The van der Waals surface area contributed by atoms with E-state index in [9.17, 15) is 4.39 Å². The average Bonchev–Trinajstić information content (AvgIpc) is 2.45. The van der Waals surface area contributed by atoms with Crippen molar-refractivity contribution in [2.45, 2.75) is 26.0 Å². The molecule has 0 heterocycles. The van der Waals surface area contributed by atoms with Gasteiger partial charge in [0, 0.05) is 6.07 Å². The first-order valence-corrected chi connectivity index (χ1v) is 6.77. The summed E-state index contributed by atoms with van der Waals surface area (Å²) in [5, 5.41) is 3.25. The minimum atomic E-state index is -0.240. The third-order valence-corrected chi connectivity index (χ3v) is 3.40. The van der Waals surface area contributed by atoms with Crippen molar-refractivity contribution in [3.05, 3.63) is 65.5 Å². The molecule has 0 aliphatic rings. The van der Waals surface area contributed by atoms with Gasteiger partial charge in [0.05, 0.1) is 6.04 Å². The highest BCUT2D eigenvalue weighted by atomic mass is 19.1. The fourth-order valence-electron chi connectivity index (χ4n) is 2.26. The number of rotatable bonds is 5. The minimum Gasteiger partial charge on any atom is -0.489 e. The van der Waals surface area contributed by atoms with Crippen molar-refractivity contribution in [1.29, 1.82) is 0 Å². The summed E-state index contributed by atoms with van der Waals surface area (Å²) in [6, 6.07) is 15.1. The van der Waals surface area contributed by atoms with Crippen molar-refractivity contribution in [1.82, 2.24) is 5.32 Å². The number of aryl methyl sites for hydroxylation is 1. The van der Waals surface area contributed by atoms with Gasteiger partial charge in [0.15, 0.2) is 0 Å². The van der Waals surface area contributed by atoms with Crippen molar-refractivity contribution in [3.8, 4) is 5.75 Å². The summed E-state index contributed by atoms with van der Waals surface area (Å²) in [7, 11) is 1.90. The molecule has 0 aromatic heterocycles. The zero-order valence-electron chi connectivity index (χ0n) is 12.1. The maximum Gasteiger partial charge on any atom is 0.129 e. The Morgan fingerprint density at radius 1 is 1.10 bits per heavy atom. The van der Waals surface area contributed by atoms with E-state index in [0.29, 0.717) is 11.3 Å². The lowest BCUT2D eigenvalue weighted by atomic mass is 10.0. The van der Waals surface area contributed by atoms with Crippen LogP contribution in [0.2, 0.25) is 0 Å². The topological polar surface area (TPSA) is 21.3 Å². The molecule has 0 aliphatic carbocycles. The highest BCUT2D eigenvalue weighted by Crippen LogP contribution is 2.23. The van der Waals surface area contributed by atoms with E-state index in [-0.39, 0.29) is 18.0 Å². The number of likely N-dealkylation sites (N-methyl/N-ethyl adjacent to an activating group) is 1. The number of hydrogen-bond donors (Lipinski definition) is 1. The summed E-state index contributed by atoms with van der Waals surface area (Å²) in [6.07, 6.45) is -0.107. The molecule has 0 saturated heterocycles. The number of nitrogens with one attached hydrogen (secondary N) is 1. The molecule has 1 N–H and O–H groups in total. The van der Waals surface area contributed by atoms with Gasteiger partial charge in [0.1, 0.15) is 17.7 Å². The van der Waals surface area contributed by atoms with Crippen LogP contribution >= 0.6 is 0 Å². The van der Waals surface area contributed by atoms with E-state index in [1.807, 2.05) is 32.2 Å². The van der Waals surface area contributed by atoms with Crippen LogP contribution in [-0.4, -0.2) is 13.2 Å². The molecule has 2 aromatic carbocycles. The van der Waals surface area contributed by atoms with Crippen LogP contribution in [0.4, 0.5) is 4.39 Å². The van der Waals surface area contributed by atoms with E-state index >= 15 is 0 Å². The van der Waals surface area contributed by atoms with Gasteiger partial charge in [-0.15, -0.1) is 0 Å². The molecule has 0 fully saturated rings. The van der Waals surface area contributed by atoms with Crippen molar-refractivity contribution >= 4 is 0 Å². The van der Waals surface area contributed by atoms with E-state index in [1.54, 1.807) is 19.1 Å². The zero-order chi connectivity index (χ0) is 14.5. The van der Waals surface area contributed by atoms with Crippen LogP contribution in [0, 0.1) is 12.7 Å². The maximum absolute atomic E-state index is 13.5. The molecule has 106 valence electrons. The molecule has 2 aromatic rings. The Balaban J connectivity index is 2.13. The van der Waals surface area contributed by atoms with Crippen LogP contribution in [0.5, 0.6) is 5.75 Å². The van der Waals surface area contributed by atoms with Gasteiger partial charge >= 0.3 is 0 Å². The lowest BCUT2D eigenvalue weighted by Gasteiger charge is -2.25. The number of hydrogen-bond acceptors (Lipinski definition) is 2. The number of ether oxygens (including phenoxy) is 1. The van der Waals surface area contributed by atoms with Gasteiger partial charge in [-0.1, -0.05) is 36.4 Å². The Morgan fingerprint density at radius 2 is 1.80 bits per heavy atom. The van der Waals surface area contributed by atoms with Crippen LogP contribution in [0.15, 0.2) is 48.5 Å². The van der Waals surface area contributed by atoms with Crippen LogP contribution in [0.1, 0.15) is 24.1 Å². The van der Waals surface area contributed by atoms with E-state index in [4.69, 9.17) is 4.74 Å². The van der Waals surface area contributed by atoms with Crippen molar-refractivity contribution in [3.63, 3.8) is 0 Å². The van der Waals surface area contributed by atoms with E-state index in [2.05, 4.69) is 17.4 Å². The number of benzene rings is 2. The quantitative estimate of drug-likeness (QED) is 0.893. The van der Waals surface area contributed by atoms with Gasteiger partial charge in [-0.2, -0.15) is 0 Å². The minimum absolute atomic E-state index is 0.0561. The van der Waals surface area contributed by atoms with Gasteiger partial charge in [-0.3, -0.25) is 0 Å². The molecule has 3 heteroatoms. The van der Waals surface area contributed by atoms with Gasteiger partial charge in [0.2, 0.25) is 0 Å². The molecule has 2 unspecified atom stereocenters. The lowest BCUT2D eigenvalue weighted by Crippen LogP contribution is -2.31. The first-order valence-electron chi connectivity index (χ1n) is 6.77. The summed E-state index contributed by atoms with van der Waals surface area (Å²) < 4.78 is 19.4. The van der Waals surface area contributed by atoms with E-state index < -0.39 is 0 Å². The predicted octanol–water partition coefficient (Wildman–Crippen LogP) is 3.86. The molecule has 0 aliphatic heterocycles. The molecule has 0 spiro atoms. The normalized spacial score (nSPS) is 13.8. The van der Waals surface area contributed by atoms with Crippen LogP contribution in [0.3, 0.4) is 0 Å². The molecule has 20 heavy (non-hydrogen) atoms. The van der Waals surface area contributed by atoms with Crippen molar-refractivity contribution in [2.24, 2.45) is 0 Å². The molecular formula is C17H20FNO. The molecule has 0 radical (unpaired) electrons. The van der Waals surface area contributed by atoms with Crippen LogP contribution in [-0.2, 0) is 0 Å². The Kier molecular flexibility index (Phi) is 4.74. The summed E-state index contributed by atoms with van der Waals surface area (Å²) in [5.41, 5.74) is 1.77. The highest BCUT2D eigenvalue weighted by Gasteiger charge is 2.19. The van der Waals surface area contributed by atoms with Gasteiger partial charge in [-0.25, -0.2) is 4.39 Å². The third kappa shape index (κ3) is 3.36. The second-order valence-electron chi connectivity index (χ2n) is 4.91. The van der Waals surface area contributed by atoms with Gasteiger partial charge in [0.25, 0.3) is 0 Å². The van der Waals surface area contributed by atoms with Crippen LogP contribution in [0.25, 0.3) is 0 Å². The largest absolute Gasteiger partial charge is 0.489 e. The SMILES string of the molecule is CNC(c1ccccc1)C(C)Oc1ccc(C)c(F)c1. The summed E-state index contributed by atoms with van der Waals surface area (Å²) >= 11 is 0. The summed E-state index contributed by atoms with van der Waals surface area (Å²) in [5.74, 6) is 0.312. The molecule has 0 bridgehead atoms. The molecule has 0 saturated carbocycles. The Labute approximate surface area is 119 Å². The lowest BCUT2D eigenvalue weighted by molar-refractivity contribution is 0.174. The summed E-state index contributed by atoms with van der Waals surface area (Å²) in [4.78, 5) is 0. The Bertz CT molecular complexity index is 556. The molecule has 2 atom stereocenters. The molecule has 2 rings (SSSR count). The Morgan fingerprint density at radius 3 is 2.40 bits per heavy atom. The average molecular weight is 273 g/mol. The van der Waals surface area contributed by atoms with Crippen molar-refractivity contribution in [2.75, 3.05) is 7.05 Å². The monoisotopic (exact) mass is 273 g/mol. The third-order valence-electron chi connectivity index (χ3n) is 3.40. The summed E-state index contributed by atoms with van der Waals surface area (Å²) in [6.45, 7) is 3.72. The number of halogens is 1. The second kappa shape index (κ2) is 6.53. The smallest absolute Gasteiger partial charge is 0.129 e. The second-order valence-corrected chi connectivity index (χ2v) is 4.91. The highest BCUT2D eigenvalue weighted by molar-refractivity contribution is 5.29. The predicted molar refractivity (Wildman–Crippen MR) is 79.5 cm³/mol. The maximum atomic E-state index is 13.5. The first-order chi connectivity index (χ1) is 9.61. The van der Waals surface area contributed by atoms with Gasteiger partial charge in [-0.05, 0) is 38.1 Å². The molecular weight excluding hydrogens is 253 g/mol.